The van der Waals surface area contributed by atoms with Gasteiger partial charge < -0.3 is 24.8 Å². The summed E-state index contributed by atoms with van der Waals surface area (Å²) in [6, 6.07) is 11.7. The molecular weight excluding hydrogens is 524 g/mol. The molecular formula is C33H42N8O. The van der Waals surface area contributed by atoms with Crippen molar-refractivity contribution >= 4 is 28.4 Å². The van der Waals surface area contributed by atoms with Crippen LogP contribution >= 0.6 is 0 Å². The average Bonchev–Trinajstić information content (AvgIpc) is 3.68. The van der Waals surface area contributed by atoms with E-state index in [4.69, 9.17) is 14.7 Å². The molecule has 0 spiro atoms. The maximum absolute atomic E-state index is 6.36. The Morgan fingerprint density at radius 1 is 1.07 bits per heavy atom. The van der Waals surface area contributed by atoms with Gasteiger partial charge in [-0.15, -0.1) is 0 Å². The van der Waals surface area contributed by atoms with Crippen LogP contribution in [0.4, 0.5) is 11.6 Å². The van der Waals surface area contributed by atoms with Gasteiger partial charge in [-0.1, -0.05) is 13.5 Å². The van der Waals surface area contributed by atoms with E-state index in [1.54, 1.807) is 4.68 Å². The summed E-state index contributed by atoms with van der Waals surface area (Å²) in [5.74, 6) is 2.26. The Morgan fingerprint density at radius 2 is 1.90 bits per heavy atom. The number of piperidine rings is 1. The predicted molar refractivity (Wildman–Crippen MR) is 169 cm³/mol. The fourth-order valence-electron chi connectivity index (χ4n) is 6.72. The van der Waals surface area contributed by atoms with Crippen molar-refractivity contribution in [3.05, 3.63) is 54.4 Å². The molecule has 1 aliphatic carbocycles. The number of benzene rings is 1. The zero-order chi connectivity index (χ0) is 28.8. The van der Waals surface area contributed by atoms with E-state index in [0.717, 1.165) is 83.7 Å². The molecule has 3 aromatic heterocycles. The van der Waals surface area contributed by atoms with Gasteiger partial charge >= 0.3 is 0 Å². The van der Waals surface area contributed by atoms with Crippen molar-refractivity contribution in [2.24, 2.45) is 13.0 Å². The third-order valence-corrected chi connectivity index (χ3v) is 9.20. The lowest BCUT2D eigenvalue weighted by Crippen LogP contribution is -2.38. The molecule has 42 heavy (non-hydrogen) atoms. The molecule has 1 aromatic carbocycles. The Bertz CT molecular complexity index is 1610. The number of anilines is 2. The van der Waals surface area contributed by atoms with E-state index < -0.39 is 0 Å². The van der Waals surface area contributed by atoms with Crippen LogP contribution in [0.25, 0.3) is 28.0 Å². The van der Waals surface area contributed by atoms with Gasteiger partial charge in [0, 0.05) is 54.9 Å². The maximum Gasteiger partial charge on any atom is 0.221 e. The number of pyridine rings is 1. The summed E-state index contributed by atoms with van der Waals surface area (Å²) in [7, 11) is 1.92. The highest BCUT2D eigenvalue weighted by Gasteiger charge is 2.35. The van der Waals surface area contributed by atoms with Gasteiger partial charge in [-0.05, 0) is 88.2 Å². The summed E-state index contributed by atoms with van der Waals surface area (Å²) in [6.07, 6.45) is 8.64. The minimum atomic E-state index is 0.342. The molecule has 2 bridgehead atoms. The van der Waals surface area contributed by atoms with Crippen molar-refractivity contribution in [3.63, 3.8) is 0 Å². The topological polar surface area (TPSA) is 85.1 Å². The smallest absolute Gasteiger partial charge is 0.221 e. The highest BCUT2D eigenvalue weighted by Crippen LogP contribution is 2.45. The fraction of sp³-hybridized carbons (Fsp3) is 0.485. The number of nitrogens with zero attached hydrogens (tertiary/aromatic N) is 6. The largest absolute Gasteiger partial charge is 0.477 e. The van der Waals surface area contributed by atoms with Crippen molar-refractivity contribution in [2.45, 2.75) is 64.5 Å². The number of aryl methyl sites for hydroxylation is 2. The lowest BCUT2D eigenvalue weighted by Gasteiger charge is -2.32. The first-order chi connectivity index (χ1) is 20.5. The molecule has 1 unspecified atom stereocenters. The SMILES string of the molecule is C=C1Nc2nc3cc(NC4CCN(CC)CC4)ccc3n2C(C2CC2)CCCOc2c(cnn2C)-c2cc1cc(C)n2. The molecule has 0 amide bonds. The zero-order valence-electron chi connectivity index (χ0n) is 25.1. The molecule has 9 heteroatoms. The summed E-state index contributed by atoms with van der Waals surface area (Å²) < 4.78 is 10.6. The lowest BCUT2D eigenvalue weighted by atomic mass is 10.0. The Morgan fingerprint density at radius 3 is 2.69 bits per heavy atom. The van der Waals surface area contributed by atoms with Crippen molar-refractivity contribution in [1.29, 1.82) is 0 Å². The number of nitrogens with one attached hydrogen (secondary N) is 2. The Kier molecular flexibility index (Phi) is 7.14. The van der Waals surface area contributed by atoms with Crippen LogP contribution in [0, 0.1) is 12.8 Å². The standard InChI is InChI=1S/C33H42N8O/c1-5-40-14-12-25(13-15-40)37-26-10-11-31-29(19-26)38-33-36-22(3)24-17-21(2)35-28(18-24)27-20-34-39(4)32(27)42-16-6-7-30(41(31)33)23-8-9-23/h10-11,17-20,23,25,30,37H,3,5-9,12-16H2,1-2,4H3,(H,36,38). The van der Waals surface area contributed by atoms with E-state index in [-0.39, 0.29) is 0 Å². The number of aromatic nitrogens is 5. The fourth-order valence-corrected chi connectivity index (χ4v) is 6.72. The average molecular weight is 567 g/mol. The molecule has 5 heterocycles. The van der Waals surface area contributed by atoms with Gasteiger partial charge in [-0.2, -0.15) is 5.10 Å². The Hall–Kier alpha value is -3.85. The molecule has 3 aliphatic rings. The number of imidazole rings is 1. The lowest BCUT2D eigenvalue weighted by molar-refractivity contribution is 0.229. The molecule has 2 fully saturated rings. The molecule has 9 nitrogen and oxygen atoms in total. The number of hydrogen-bond donors (Lipinski definition) is 2. The second-order valence-electron chi connectivity index (χ2n) is 12.2. The first-order valence-corrected chi connectivity index (χ1v) is 15.6. The molecule has 7 rings (SSSR count). The quantitative estimate of drug-likeness (QED) is 0.302. The molecule has 1 saturated carbocycles. The van der Waals surface area contributed by atoms with E-state index in [0.29, 0.717) is 24.6 Å². The van der Waals surface area contributed by atoms with Crippen LogP contribution in [0.15, 0.2) is 43.1 Å². The van der Waals surface area contributed by atoms with E-state index in [1.807, 2.05) is 20.2 Å². The molecule has 2 N–H and O–H groups in total. The van der Waals surface area contributed by atoms with Gasteiger partial charge in [0.25, 0.3) is 0 Å². The maximum atomic E-state index is 6.36. The van der Waals surface area contributed by atoms with E-state index in [2.05, 4.69) is 69.0 Å². The normalized spacial score (nSPS) is 20.4. The third kappa shape index (κ3) is 5.26. The van der Waals surface area contributed by atoms with Crippen molar-refractivity contribution in [3.8, 4) is 17.1 Å². The van der Waals surface area contributed by atoms with Crippen LogP contribution in [0.1, 0.15) is 62.7 Å². The summed E-state index contributed by atoms with van der Waals surface area (Å²) in [5, 5.41) is 11.9. The number of likely N-dealkylation sites (tertiary alicyclic amines) is 1. The molecule has 220 valence electrons. The predicted octanol–water partition coefficient (Wildman–Crippen LogP) is 6.24. The number of rotatable bonds is 4. The summed E-state index contributed by atoms with van der Waals surface area (Å²) >= 11 is 0. The highest BCUT2D eigenvalue weighted by atomic mass is 16.5. The number of hydrogen-bond acceptors (Lipinski definition) is 7. The van der Waals surface area contributed by atoms with Crippen molar-refractivity contribution in [2.75, 3.05) is 36.9 Å². The minimum absolute atomic E-state index is 0.342. The van der Waals surface area contributed by atoms with Gasteiger partial charge in [0.2, 0.25) is 11.8 Å². The van der Waals surface area contributed by atoms with Crippen LogP contribution in [0.5, 0.6) is 5.88 Å². The summed E-state index contributed by atoms with van der Waals surface area (Å²) in [5.41, 5.74) is 7.76. The van der Waals surface area contributed by atoms with Gasteiger partial charge in [0.1, 0.15) is 0 Å². The molecule has 1 atom stereocenters. The number of fused-ring (bicyclic) bond motifs is 7. The van der Waals surface area contributed by atoms with Crippen LogP contribution in [-0.4, -0.2) is 61.5 Å². The van der Waals surface area contributed by atoms with Crippen LogP contribution in [0.2, 0.25) is 0 Å². The second kappa shape index (κ2) is 11.1. The molecule has 1 saturated heterocycles. The third-order valence-electron chi connectivity index (χ3n) is 9.20. The summed E-state index contributed by atoms with van der Waals surface area (Å²) in [6.45, 7) is 12.8. The summed E-state index contributed by atoms with van der Waals surface area (Å²) in [4.78, 5) is 12.5. The van der Waals surface area contributed by atoms with Gasteiger partial charge in [-0.25, -0.2) is 9.67 Å². The Labute approximate surface area is 248 Å². The Balaban J connectivity index is 1.25. The first kappa shape index (κ1) is 27.0. The van der Waals surface area contributed by atoms with Gasteiger partial charge in [-0.3, -0.25) is 4.98 Å². The van der Waals surface area contributed by atoms with E-state index >= 15 is 0 Å². The molecule has 2 aliphatic heterocycles. The van der Waals surface area contributed by atoms with Gasteiger partial charge in [0.15, 0.2) is 0 Å². The first-order valence-electron chi connectivity index (χ1n) is 15.6. The van der Waals surface area contributed by atoms with Crippen molar-refractivity contribution < 1.29 is 4.74 Å². The van der Waals surface area contributed by atoms with Crippen LogP contribution < -0.4 is 15.4 Å². The molecule has 0 radical (unpaired) electrons. The van der Waals surface area contributed by atoms with E-state index in [9.17, 15) is 0 Å². The van der Waals surface area contributed by atoms with Crippen molar-refractivity contribution in [1.82, 2.24) is 29.2 Å². The zero-order valence-corrected chi connectivity index (χ0v) is 25.1. The van der Waals surface area contributed by atoms with Crippen LogP contribution in [-0.2, 0) is 7.05 Å². The van der Waals surface area contributed by atoms with Crippen LogP contribution in [0.3, 0.4) is 0 Å². The highest BCUT2D eigenvalue weighted by molar-refractivity contribution is 5.85. The monoisotopic (exact) mass is 566 g/mol. The van der Waals surface area contributed by atoms with Gasteiger partial charge in [0.05, 0.1) is 35.1 Å². The number of ether oxygens (including phenoxy) is 1. The minimum Gasteiger partial charge on any atom is -0.477 e. The van der Waals surface area contributed by atoms with E-state index in [1.165, 1.54) is 31.2 Å². The molecule has 4 aromatic rings. The second-order valence-corrected chi connectivity index (χ2v) is 12.2.